The number of carbonyl (C=O) groups excluding carboxylic acids is 1. The van der Waals surface area contributed by atoms with E-state index in [9.17, 15) is 9.59 Å². The number of alkyl carbamates (subject to hydrolysis) is 1. The van der Waals surface area contributed by atoms with Crippen molar-refractivity contribution in [1.29, 1.82) is 0 Å². The Balaban J connectivity index is 1.50. The van der Waals surface area contributed by atoms with Gasteiger partial charge in [-0.2, -0.15) is 0 Å². The molecule has 30 heavy (non-hydrogen) atoms. The van der Waals surface area contributed by atoms with E-state index in [0.717, 1.165) is 43.6 Å². The molecule has 1 amide bonds. The van der Waals surface area contributed by atoms with Gasteiger partial charge in [0.25, 0.3) is 0 Å². The number of carboxylic acid groups (broad SMARTS) is 1. The summed E-state index contributed by atoms with van der Waals surface area (Å²) in [6, 6.07) is 16.3. The molecule has 2 N–H and O–H groups in total. The highest BCUT2D eigenvalue weighted by Crippen LogP contribution is 2.30. The maximum Gasteiger partial charge on any atom is 0.408 e. The van der Waals surface area contributed by atoms with E-state index in [1.165, 1.54) is 0 Å². The molecule has 3 heterocycles. The van der Waals surface area contributed by atoms with Crippen molar-refractivity contribution in [2.75, 3.05) is 26.2 Å². The van der Waals surface area contributed by atoms with Gasteiger partial charge in [0.1, 0.15) is 11.9 Å². The summed E-state index contributed by atoms with van der Waals surface area (Å²) >= 11 is 0. The lowest BCUT2D eigenvalue weighted by Gasteiger charge is -2.43. The lowest BCUT2D eigenvalue weighted by atomic mass is 9.86. The van der Waals surface area contributed by atoms with Gasteiger partial charge < -0.3 is 19.9 Å². The number of piperidine rings is 3. The first-order valence-corrected chi connectivity index (χ1v) is 10.3. The first kappa shape index (κ1) is 20.2. The summed E-state index contributed by atoms with van der Waals surface area (Å²) in [5, 5.41) is 11.8. The predicted molar refractivity (Wildman–Crippen MR) is 110 cm³/mol. The third-order valence-corrected chi connectivity index (χ3v) is 5.80. The Kier molecular flexibility index (Phi) is 6.18. The Bertz CT molecular complexity index is 880. The monoisotopic (exact) mass is 410 g/mol. The summed E-state index contributed by atoms with van der Waals surface area (Å²) in [6.45, 7) is 2.55. The number of carbonyl (C=O) groups is 2. The van der Waals surface area contributed by atoms with Crippen LogP contribution in [-0.2, 0) is 9.53 Å². The first-order chi connectivity index (χ1) is 14.6. The van der Waals surface area contributed by atoms with Gasteiger partial charge in [0.2, 0.25) is 0 Å². The van der Waals surface area contributed by atoms with Crippen LogP contribution in [0.2, 0.25) is 0 Å². The maximum atomic E-state index is 12.8. The minimum Gasteiger partial charge on any atom is -0.482 e. The quantitative estimate of drug-likeness (QED) is 0.729. The van der Waals surface area contributed by atoms with Gasteiger partial charge in [0.15, 0.2) is 6.61 Å². The number of nitrogens with one attached hydrogen (secondary N) is 1. The summed E-state index contributed by atoms with van der Waals surface area (Å²) in [6.07, 6.45) is 1.63. The lowest BCUT2D eigenvalue weighted by molar-refractivity contribution is -0.139. The molecule has 3 saturated heterocycles. The largest absolute Gasteiger partial charge is 0.482 e. The standard InChI is InChI=1S/C23H26N2O5/c26-21(27)15-29-19-8-4-7-18(13-19)22(17-5-2-1-3-6-17)24-23(28)30-20-14-25-11-9-16(20)10-12-25/h1-8,13,16,20,22H,9-12,14-15H2,(H,24,28)(H,26,27)/t20-,22?/m0/s1. The molecule has 158 valence electrons. The van der Waals surface area contributed by atoms with E-state index in [2.05, 4.69) is 10.2 Å². The van der Waals surface area contributed by atoms with Gasteiger partial charge >= 0.3 is 12.1 Å². The van der Waals surface area contributed by atoms with Gasteiger partial charge in [0.05, 0.1) is 6.04 Å². The number of amides is 1. The van der Waals surface area contributed by atoms with E-state index in [1.807, 2.05) is 36.4 Å². The Labute approximate surface area is 175 Å². The van der Waals surface area contributed by atoms with Gasteiger partial charge in [-0.15, -0.1) is 0 Å². The molecule has 3 fully saturated rings. The number of hydrogen-bond acceptors (Lipinski definition) is 5. The predicted octanol–water partition coefficient (Wildman–Crippen LogP) is 3.06. The fourth-order valence-electron chi connectivity index (χ4n) is 4.27. The fourth-order valence-corrected chi connectivity index (χ4v) is 4.27. The molecular weight excluding hydrogens is 384 g/mol. The van der Waals surface area contributed by atoms with Crippen LogP contribution in [0.15, 0.2) is 54.6 Å². The highest BCUT2D eigenvalue weighted by Gasteiger charge is 2.36. The Morgan fingerprint density at radius 1 is 1.07 bits per heavy atom. The molecule has 0 saturated carbocycles. The van der Waals surface area contributed by atoms with Gasteiger partial charge in [-0.25, -0.2) is 9.59 Å². The zero-order valence-corrected chi connectivity index (χ0v) is 16.7. The number of carboxylic acids is 1. The van der Waals surface area contributed by atoms with E-state index in [-0.39, 0.29) is 6.10 Å². The zero-order valence-electron chi connectivity index (χ0n) is 16.7. The van der Waals surface area contributed by atoms with Gasteiger partial charge in [0, 0.05) is 6.54 Å². The molecule has 2 aromatic carbocycles. The second-order valence-corrected chi connectivity index (χ2v) is 7.82. The van der Waals surface area contributed by atoms with Crippen molar-refractivity contribution in [2.45, 2.75) is 25.0 Å². The molecule has 2 bridgehead atoms. The summed E-state index contributed by atoms with van der Waals surface area (Å²) in [4.78, 5) is 25.9. The normalized spacial score (nSPS) is 23.4. The third-order valence-electron chi connectivity index (χ3n) is 5.80. The molecule has 0 spiro atoms. The minimum absolute atomic E-state index is 0.0749. The van der Waals surface area contributed by atoms with Gasteiger partial charge in [-0.1, -0.05) is 42.5 Å². The number of aliphatic carboxylic acids is 1. The van der Waals surface area contributed by atoms with Crippen molar-refractivity contribution in [3.8, 4) is 5.75 Å². The van der Waals surface area contributed by atoms with Crippen molar-refractivity contribution in [1.82, 2.24) is 10.2 Å². The number of fused-ring (bicyclic) bond motifs is 3. The number of ether oxygens (including phenoxy) is 2. The maximum absolute atomic E-state index is 12.8. The molecule has 2 atom stereocenters. The second kappa shape index (κ2) is 9.17. The molecule has 7 nitrogen and oxygen atoms in total. The van der Waals surface area contributed by atoms with Crippen molar-refractivity contribution in [3.63, 3.8) is 0 Å². The Morgan fingerprint density at radius 3 is 2.47 bits per heavy atom. The summed E-state index contributed by atoms with van der Waals surface area (Å²) < 4.78 is 11.1. The molecule has 3 aliphatic heterocycles. The summed E-state index contributed by atoms with van der Waals surface area (Å²) in [5.74, 6) is -0.175. The minimum atomic E-state index is -1.04. The van der Waals surface area contributed by atoms with E-state index in [0.29, 0.717) is 11.7 Å². The first-order valence-electron chi connectivity index (χ1n) is 10.3. The van der Waals surface area contributed by atoms with Crippen LogP contribution in [0.25, 0.3) is 0 Å². The number of hydrogen-bond donors (Lipinski definition) is 2. The van der Waals surface area contributed by atoms with E-state index in [4.69, 9.17) is 14.6 Å². The summed E-state index contributed by atoms with van der Waals surface area (Å²) in [7, 11) is 0. The van der Waals surface area contributed by atoms with Crippen LogP contribution in [-0.4, -0.2) is 54.4 Å². The van der Waals surface area contributed by atoms with E-state index >= 15 is 0 Å². The van der Waals surface area contributed by atoms with Crippen molar-refractivity contribution >= 4 is 12.1 Å². The molecule has 1 unspecified atom stereocenters. The highest BCUT2D eigenvalue weighted by atomic mass is 16.6. The molecule has 7 heteroatoms. The molecule has 5 rings (SSSR count). The summed E-state index contributed by atoms with van der Waals surface area (Å²) in [5.41, 5.74) is 1.69. The van der Waals surface area contributed by atoms with Crippen LogP contribution in [0, 0.1) is 5.92 Å². The molecule has 0 radical (unpaired) electrons. The molecule has 2 aromatic rings. The topological polar surface area (TPSA) is 88.1 Å². The number of benzene rings is 2. The van der Waals surface area contributed by atoms with Crippen molar-refractivity contribution in [3.05, 3.63) is 65.7 Å². The van der Waals surface area contributed by atoms with Gasteiger partial charge in [-0.3, -0.25) is 4.90 Å². The average molecular weight is 410 g/mol. The number of nitrogens with zero attached hydrogens (tertiary/aromatic N) is 1. The number of rotatable bonds is 7. The van der Waals surface area contributed by atoms with Crippen LogP contribution in [0.4, 0.5) is 4.79 Å². The molecule has 0 aromatic heterocycles. The molecular formula is C23H26N2O5. The van der Waals surface area contributed by atoms with Crippen molar-refractivity contribution < 1.29 is 24.2 Å². The highest BCUT2D eigenvalue weighted by molar-refractivity contribution is 5.69. The van der Waals surface area contributed by atoms with Crippen LogP contribution >= 0.6 is 0 Å². The smallest absolute Gasteiger partial charge is 0.408 e. The molecule has 0 aliphatic carbocycles. The Hall–Kier alpha value is -3.06. The van der Waals surface area contributed by atoms with Crippen LogP contribution in [0.3, 0.4) is 0 Å². The van der Waals surface area contributed by atoms with E-state index in [1.54, 1.807) is 18.2 Å². The molecule has 3 aliphatic rings. The van der Waals surface area contributed by atoms with Crippen LogP contribution < -0.4 is 10.1 Å². The van der Waals surface area contributed by atoms with Crippen LogP contribution in [0.1, 0.15) is 30.0 Å². The third kappa shape index (κ3) is 4.91. The average Bonchev–Trinajstić information content (AvgIpc) is 2.78. The van der Waals surface area contributed by atoms with Gasteiger partial charge in [-0.05, 0) is 55.1 Å². The van der Waals surface area contributed by atoms with Crippen LogP contribution in [0.5, 0.6) is 5.75 Å². The zero-order chi connectivity index (χ0) is 20.9. The second-order valence-electron chi connectivity index (χ2n) is 7.82. The van der Waals surface area contributed by atoms with Crippen molar-refractivity contribution in [2.24, 2.45) is 5.92 Å². The Morgan fingerprint density at radius 2 is 1.80 bits per heavy atom. The van der Waals surface area contributed by atoms with E-state index < -0.39 is 24.7 Å². The SMILES string of the molecule is O=C(O)COc1cccc(C(NC(=O)O[C@H]2CN3CCC2CC3)c2ccccc2)c1. The fraction of sp³-hybridized carbons (Fsp3) is 0.391. The lowest BCUT2D eigenvalue weighted by Crippen LogP contribution is -2.52.